The van der Waals surface area contributed by atoms with Gasteiger partial charge in [-0.1, -0.05) is 0 Å². The van der Waals surface area contributed by atoms with Crippen LogP contribution in [0.15, 0.2) is 12.3 Å². The van der Waals surface area contributed by atoms with Crippen molar-refractivity contribution in [3.05, 3.63) is 12.3 Å². The number of aromatic nitrogens is 2. The van der Waals surface area contributed by atoms with Crippen LogP contribution in [-0.4, -0.2) is 53.7 Å². The van der Waals surface area contributed by atoms with E-state index in [1.54, 1.807) is 11.0 Å². The molecule has 1 saturated heterocycles. The van der Waals surface area contributed by atoms with Gasteiger partial charge in [-0.3, -0.25) is 0 Å². The Balaban J connectivity index is 2.17. The SMILES string of the molecule is CO[C@@H]1CN(c2nccc(N)n2)C[C@H](F)[C@@H]1O. The first-order valence-electron chi connectivity index (χ1n) is 5.30. The van der Waals surface area contributed by atoms with Gasteiger partial charge in [0.15, 0.2) is 0 Å². The highest BCUT2D eigenvalue weighted by Crippen LogP contribution is 2.20. The molecule has 1 aromatic heterocycles. The third-order valence-corrected chi connectivity index (χ3v) is 2.80. The molecule has 1 aliphatic rings. The monoisotopic (exact) mass is 242 g/mol. The van der Waals surface area contributed by atoms with Crippen molar-refractivity contribution in [2.75, 3.05) is 30.8 Å². The summed E-state index contributed by atoms with van der Waals surface area (Å²) in [5.74, 6) is 0.673. The van der Waals surface area contributed by atoms with Crippen molar-refractivity contribution < 1.29 is 14.2 Å². The van der Waals surface area contributed by atoms with Gasteiger partial charge in [0.05, 0.1) is 6.54 Å². The van der Waals surface area contributed by atoms with Crippen LogP contribution in [0.3, 0.4) is 0 Å². The van der Waals surface area contributed by atoms with Gasteiger partial charge in [-0.2, -0.15) is 4.98 Å². The normalized spacial score (nSPS) is 29.4. The largest absolute Gasteiger partial charge is 0.387 e. The Morgan fingerprint density at radius 2 is 2.35 bits per heavy atom. The van der Waals surface area contributed by atoms with Gasteiger partial charge in [0.25, 0.3) is 0 Å². The van der Waals surface area contributed by atoms with Gasteiger partial charge in [-0.05, 0) is 6.07 Å². The van der Waals surface area contributed by atoms with Gasteiger partial charge in [0.1, 0.15) is 24.2 Å². The van der Waals surface area contributed by atoms with Gasteiger partial charge in [-0.15, -0.1) is 0 Å². The lowest BCUT2D eigenvalue weighted by Gasteiger charge is -2.37. The van der Waals surface area contributed by atoms with E-state index in [9.17, 15) is 9.50 Å². The van der Waals surface area contributed by atoms with E-state index < -0.39 is 18.4 Å². The fraction of sp³-hybridized carbons (Fsp3) is 0.600. The lowest BCUT2D eigenvalue weighted by molar-refractivity contribution is -0.0582. The van der Waals surface area contributed by atoms with Crippen LogP contribution in [0.5, 0.6) is 0 Å². The summed E-state index contributed by atoms with van der Waals surface area (Å²) in [7, 11) is 1.43. The number of aliphatic hydroxyl groups is 1. The van der Waals surface area contributed by atoms with Crippen molar-refractivity contribution in [1.82, 2.24) is 9.97 Å². The molecule has 0 unspecified atom stereocenters. The van der Waals surface area contributed by atoms with Crippen LogP contribution in [0.25, 0.3) is 0 Å². The number of aliphatic hydroxyl groups excluding tert-OH is 1. The molecule has 7 heteroatoms. The van der Waals surface area contributed by atoms with Gasteiger partial charge in [0, 0.05) is 19.9 Å². The maximum atomic E-state index is 13.6. The minimum absolute atomic E-state index is 0.0322. The summed E-state index contributed by atoms with van der Waals surface area (Å²) in [5, 5.41) is 9.56. The Kier molecular flexibility index (Phi) is 3.39. The smallest absolute Gasteiger partial charge is 0.227 e. The lowest BCUT2D eigenvalue weighted by Crippen LogP contribution is -2.55. The fourth-order valence-electron chi connectivity index (χ4n) is 1.84. The Hall–Kier alpha value is -1.47. The van der Waals surface area contributed by atoms with Crippen LogP contribution >= 0.6 is 0 Å². The number of methoxy groups -OCH3 is 1. The minimum Gasteiger partial charge on any atom is -0.387 e. The summed E-state index contributed by atoms with van der Waals surface area (Å²) in [6, 6.07) is 1.56. The maximum Gasteiger partial charge on any atom is 0.227 e. The molecular formula is C10H15FN4O2. The highest BCUT2D eigenvalue weighted by Gasteiger charge is 2.37. The Morgan fingerprint density at radius 1 is 1.59 bits per heavy atom. The highest BCUT2D eigenvalue weighted by molar-refractivity contribution is 5.38. The standard InChI is InChI=1S/C10H15FN4O2/c1-17-7-5-15(4-6(11)9(7)16)10-13-3-2-8(12)14-10/h2-3,6-7,9,16H,4-5H2,1H3,(H2,12,13,14)/t6-,7+,9-/m0/s1. The number of nitrogens with two attached hydrogens (primary N) is 1. The molecule has 1 aliphatic heterocycles. The summed E-state index contributed by atoms with van der Waals surface area (Å²) in [6.07, 6.45) is -1.59. The lowest BCUT2D eigenvalue weighted by atomic mass is 10.0. The first-order chi connectivity index (χ1) is 8.11. The van der Waals surface area contributed by atoms with Crippen molar-refractivity contribution >= 4 is 11.8 Å². The number of anilines is 2. The number of nitrogen functional groups attached to an aromatic ring is 1. The van der Waals surface area contributed by atoms with E-state index in [-0.39, 0.29) is 6.54 Å². The second-order valence-electron chi connectivity index (χ2n) is 3.97. The molecule has 0 radical (unpaired) electrons. The molecule has 3 atom stereocenters. The fourth-order valence-corrected chi connectivity index (χ4v) is 1.84. The van der Waals surface area contributed by atoms with Crippen molar-refractivity contribution in [1.29, 1.82) is 0 Å². The number of nitrogens with zero attached hydrogens (tertiary/aromatic N) is 3. The minimum atomic E-state index is -1.39. The Labute approximate surface area is 98.2 Å². The first-order valence-corrected chi connectivity index (χ1v) is 5.30. The van der Waals surface area contributed by atoms with Gasteiger partial charge in [-0.25, -0.2) is 9.37 Å². The molecule has 17 heavy (non-hydrogen) atoms. The molecule has 0 bridgehead atoms. The zero-order valence-electron chi connectivity index (χ0n) is 9.45. The van der Waals surface area contributed by atoms with Crippen molar-refractivity contribution in [3.8, 4) is 0 Å². The van der Waals surface area contributed by atoms with Crippen LogP contribution in [0, 0.1) is 0 Å². The van der Waals surface area contributed by atoms with E-state index in [4.69, 9.17) is 10.5 Å². The predicted molar refractivity (Wildman–Crippen MR) is 60.4 cm³/mol. The number of halogens is 1. The molecule has 0 spiro atoms. The number of hydrogen-bond acceptors (Lipinski definition) is 6. The summed E-state index contributed by atoms with van der Waals surface area (Å²) in [4.78, 5) is 9.65. The summed E-state index contributed by atoms with van der Waals surface area (Å²) >= 11 is 0. The highest BCUT2D eigenvalue weighted by atomic mass is 19.1. The second kappa shape index (κ2) is 4.80. The molecule has 1 fully saturated rings. The number of hydrogen-bond donors (Lipinski definition) is 2. The first kappa shape index (κ1) is 12.0. The molecular weight excluding hydrogens is 227 g/mol. The van der Waals surface area contributed by atoms with Crippen molar-refractivity contribution in [2.45, 2.75) is 18.4 Å². The topological polar surface area (TPSA) is 84.5 Å². The molecule has 2 rings (SSSR count). The number of rotatable bonds is 2. The maximum absolute atomic E-state index is 13.6. The quantitative estimate of drug-likeness (QED) is 0.733. The van der Waals surface area contributed by atoms with Crippen LogP contribution in [0.1, 0.15) is 0 Å². The van der Waals surface area contributed by atoms with E-state index in [1.165, 1.54) is 13.3 Å². The van der Waals surface area contributed by atoms with E-state index in [0.29, 0.717) is 18.3 Å². The molecule has 0 amide bonds. The average Bonchev–Trinajstić information content (AvgIpc) is 2.32. The molecule has 1 aromatic rings. The number of alkyl halides is 1. The Morgan fingerprint density at radius 3 is 3.00 bits per heavy atom. The molecule has 6 nitrogen and oxygen atoms in total. The number of piperidine rings is 1. The second-order valence-corrected chi connectivity index (χ2v) is 3.97. The van der Waals surface area contributed by atoms with Gasteiger partial charge >= 0.3 is 0 Å². The van der Waals surface area contributed by atoms with Gasteiger partial charge in [0.2, 0.25) is 5.95 Å². The number of ether oxygens (including phenoxy) is 1. The average molecular weight is 242 g/mol. The van der Waals surface area contributed by atoms with Crippen LogP contribution < -0.4 is 10.6 Å². The molecule has 0 aromatic carbocycles. The van der Waals surface area contributed by atoms with Gasteiger partial charge < -0.3 is 20.5 Å². The molecule has 2 heterocycles. The van der Waals surface area contributed by atoms with E-state index in [2.05, 4.69) is 9.97 Å². The Bertz CT molecular complexity index is 392. The molecule has 94 valence electrons. The summed E-state index contributed by atoms with van der Waals surface area (Å²) < 4.78 is 18.6. The third kappa shape index (κ3) is 2.45. The summed E-state index contributed by atoms with van der Waals surface area (Å²) in [6.45, 7) is 0.367. The van der Waals surface area contributed by atoms with E-state index in [1.807, 2.05) is 0 Å². The van der Waals surface area contributed by atoms with E-state index >= 15 is 0 Å². The van der Waals surface area contributed by atoms with E-state index in [0.717, 1.165) is 0 Å². The van der Waals surface area contributed by atoms with Crippen molar-refractivity contribution in [3.63, 3.8) is 0 Å². The molecule has 0 aliphatic carbocycles. The third-order valence-electron chi connectivity index (χ3n) is 2.80. The molecule has 0 saturated carbocycles. The van der Waals surface area contributed by atoms with Crippen LogP contribution in [-0.2, 0) is 4.74 Å². The van der Waals surface area contributed by atoms with Crippen LogP contribution in [0.4, 0.5) is 16.2 Å². The predicted octanol–water partition coefficient (Wildman–Crippen LogP) is -0.407. The zero-order valence-corrected chi connectivity index (χ0v) is 9.45. The zero-order chi connectivity index (χ0) is 12.4. The van der Waals surface area contributed by atoms with Crippen LogP contribution in [0.2, 0.25) is 0 Å². The molecule has 3 N–H and O–H groups in total. The van der Waals surface area contributed by atoms with Crippen molar-refractivity contribution in [2.24, 2.45) is 0 Å². The summed E-state index contributed by atoms with van der Waals surface area (Å²) in [5.41, 5.74) is 5.54.